The van der Waals surface area contributed by atoms with E-state index in [1.165, 1.54) is 6.07 Å². The number of aliphatic hydroxyl groups is 1. The Balaban J connectivity index is 1.51. The molecule has 4 N–H and O–H groups in total. The molecule has 0 spiro atoms. The molecule has 2 aromatic rings. The molecule has 8 heteroatoms. The molecular formula is C17H21N5O3. The third-order valence-corrected chi connectivity index (χ3v) is 4.11. The summed E-state index contributed by atoms with van der Waals surface area (Å²) in [6.45, 7) is 1.42. The number of hydrogen-bond acceptors (Lipinski definition) is 4. The Morgan fingerprint density at radius 3 is 2.68 bits per heavy atom. The van der Waals surface area contributed by atoms with E-state index < -0.39 is 0 Å². The van der Waals surface area contributed by atoms with Gasteiger partial charge in [-0.25, -0.2) is 4.79 Å². The van der Waals surface area contributed by atoms with Gasteiger partial charge in [-0.15, -0.1) is 0 Å². The number of carbonyl (C=O) groups is 2. The van der Waals surface area contributed by atoms with Crippen molar-refractivity contribution in [2.45, 2.75) is 25.5 Å². The largest absolute Gasteiger partial charge is 0.393 e. The Morgan fingerprint density at radius 2 is 1.96 bits per heavy atom. The monoisotopic (exact) mass is 343 g/mol. The number of aliphatic hydroxyl groups excluding tert-OH is 1. The highest BCUT2D eigenvalue weighted by atomic mass is 16.3. The van der Waals surface area contributed by atoms with Gasteiger partial charge in [0.1, 0.15) is 5.69 Å². The summed E-state index contributed by atoms with van der Waals surface area (Å²) in [4.78, 5) is 25.9. The summed E-state index contributed by atoms with van der Waals surface area (Å²) in [5.41, 5.74) is 1.27. The molecule has 0 radical (unpaired) electrons. The number of rotatable bonds is 4. The number of nitrogens with one attached hydrogen (secondary N) is 3. The minimum absolute atomic E-state index is 0.278. The Bertz CT molecular complexity index is 723. The van der Waals surface area contributed by atoms with Gasteiger partial charge in [0.25, 0.3) is 5.91 Å². The molecule has 0 unspecified atom stereocenters. The molecular weight excluding hydrogens is 322 g/mol. The number of H-pyrrole nitrogens is 1. The third-order valence-electron chi connectivity index (χ3n) is 4.11. The average Bonchev–Trinajstić information content (AvgIpc) is 3.09. The number of nitrogens with zero attached hydrogens (tertiary/aromatic N) is 2. The molecule has 1 fully saturated rings. The van der Waals surface area contributed by atoms with Crippen LogP contribution < -0.4 is 10.6 Å². The van der Waals surface area contributed by atoms with E-state index >= 15 is 0 Å². The number of amides is 3. The zero-order chi connectivity index (χ0) is 17.6. The van der Waals surface area contributed by atoms with E-state index in [4.69, 9.17) is 0 Å². The van der Waals surface area contributed by atoms with Crippen LogP contribution in [0, 0.1) is 0 Å². The smallest absolute Gasteiger partial charge is 0.323 e. The first-order valence-corrected chi connectivity index (χ1v) is 8.23. The summed E-state index contributed by atoms with van der Waals surface area (Å²) in [7, 11) is 0. The van der Waals surface area contributed by atoms with E-state index in [0.29, 0.717) is 38.3 Å². The van der Waals surface area contributed by atoms with Crippen LogP contribution in [0.15, 0.2) is 36.4 Å². The van der Waals surface area contributed by atoms with Crippen LogP contribution in [0.3, 0.4) is 0 Å². The van der Waals surface area contributed by atoms with Crippen LogP contribution in [0.25, 0.3) is 0 Å². The molecule has 0 saturated carbocycles. The van der Waals surface area contributed by atoms with Gasteiger partial charge in [0.15, 0.2) is 5.82 Å². The van der Waals surface area contributed by atoms with Crippen molar-refractivity contribution in [3.63, 3.8) is 0 Å². The van der Waals surface area contributed by atoms with Crippen molar-refractivity contribution >= 4 is 17.8 Å². The summed E-state index contributed by atoms with van der Waals surface area (Å²) in [6, 6.07) is 10.8. The summed E-state index contributed by atoms with van der Waals surface area (Å²) in [5, 5.41) is 21.5. The number of piperidine rings is 1. The predicted molar refractivity (Wildman–Crippen MR) is 92.0 cm³/mol. The highest BCUT2D eigenvalue weighted by molar-refractivity contribution is 5.94. The first-order valence-electron chi connectivity index (χ1n) is 8.23. The maximum absolute atomic E-state index is 12.1. The SMILES string of the molecule is O=C(NCc1ccccc1)c1cc(NC(=O)N2CCC(O)CC2)n[nH]1. The minimum atomic E-state index is -0.339. The van der Waals surface area contributed by atoms with Gasteiger partial charge < -0.3 is 15.3 Å². The Morgan fingerprint density at radius 1 is 1.24 bits per heavy atom. The molecule has 1 aliphatic rings. The van der Waals surface area contributed by atoms with Crippen molar-refractivity contribution in [2.75, 3.05) is 18.4 Å². The minimum Gasteiger partial charge on any atom is -0.393 e. The molecule has 3 rings (SSSR count). The molecule has 132 valence electrons. The van der Waals surface area contributed by atoms with Crippen molar-refractivity contribution in [1.82, 2.24) is 20.4 Å². The number of anilines is 1. The second-order valence-corrected chi connectivity index (χ2v) is 5.98. The molecule has 0 bridgehead atoms. The van der Waals surface area contributed by atoms with Crippen LogP contribution in [0.2, 0.25) is 0 Å². The second kappa shape index (κ2) is 7.80. The van der Waals surface area contributed by atoms with Crippen molar-refractivity contribution < 1.29 is 14.7 Å². The zero-order valence-electron chi connectivity index (χ0n) is 13.7. The predicted octanol–water partition coefficient (Wildman–Crippen LogP) is 1.33. The van der Waals surface area contributed by atoms with Crippen LogP contribution in [-0.2, 0) is 6.54 Å². The fourth-order valence-corrected chi connectivity index (χ4v) is 2.63. The van der Waals surface area contributed by atoms with Crippen molar-refractivity contribution in [2.24, 2.45) is 0 Å². The highest BCUT2D eigenvalue weighted by Gasteiger charge is 2.22. The first kappa shape index (κ1) is 17.0. The van der Waals surface area contributed by atoms with Gasteiger partial charge >= 0.3 is 6.03 Å². The summed E-state index contributed by atoms with van der Waals surface area (Å²) in [6.07, 6.45) is 0.803. The van der Waals surface area contributed by atoms with E-state index in [1.54, 1.807) is 4.90 Å². The number of urea groups is 1. The normalized spacial score (nSPS) is 15.0. The molecule has 25 heavy (non-hydrogen) atoms. The lowest BCUT2D eigenvalue weighted by Gasteiger charge is -2.29. The van der Waals surface area contributed by atoms with E-state index in [-0.39, 0.29) is 23.7 Å². The van der Waals surface area contributed by atoms with E-state index in [2.05, 4.69) is 20.8 Å². The molecule has 1 saturated heterocycles. The van der Waals surface area contributed by atoms with Crippen LogP contribution in [0.5, 0.6) is 0 Å². The molecule has 3 amide bonds. The number of aromatic amines is 1. The zero-order valence-corrected chi connectivity index (χ0v) is 13.7. The number of benzene rings is 1. The first-order chi connectivity index (χ1) is 12.1. The van der Waals surface area contributed by atoms with Gasteiger partial charge in [0, 0.05) is 25.7 Å². The van der Waals surface area contributed by atoms with Crippen molar-refractivity contribution in [1.29, 1.82) is 0 Å². The van der Waals surface area contributed by atoms with Gasteiger partial charge in [-0.1, -0.05) is 30.3 Å². The lowest BCUT2D eigenvalue weighted by Crippen LogP contribution is -2.42. The van der Waals surface area contributed by atoms with Crippen LogP contribution in [-0.4, -0.2) is 51.3 Å². The van der Waals surface area contributed by atoms with Gasteiger partial charge in [-0.3, -0.25) is 15.2 Å². The molecule has 1 aliphatic heterocycles. The molecule has 1 aromatic carbocycles. The number of aromatic nitrogens is 2. The Hall–Kier alpha value is -2.87. The summed E-state index contributed by atoms with van der Waals surface area (Å²) in [5.74, 6) is -0.000991. The van der Waals surface area contributed by atoms with Crippen molar-refractivity contribution in [3.8, 4) is 0 Å². The summed E-state index contributed by atoms with van der Waals surface area (Å²) < 4.78 is 0. The third kappa shape index (κ3) is 4.57. The van der Waals surface area contributed by atoms with Gasteiger partial charge in [0.2, 0.25) is 0 Å². The highest BCUT2D eigenvalue weighted by Crippen LogP contribution is 2.12. The average molecular weight is 343 g/mol. The van der Waals surface area contributed by atoms with Crippen LogP contribution >= 0.6 is 0 Å². The Labute approximate surface area is 145 Å². The summed E-state index contributed by atoms with van der Waals surface area (Å²) >= 11 is 0. The van der Waals surface area contributed by atoms with Gasteiger partial charge in [-0.2, -0.15) is 5.10 Å². The molecule has 0 aliphatic carbocycles. The molecule has 2 heterocycles. The fourth-order valence-electron chi connectivity index (χ4n) is 2.63. The standard InChI is InChI=1S/C17H21N5O3/c23-13-6-8-22(9-7-13)17(25)19-15-10-14(20-21-15)16(24)18-11-12-4-2-1-3-5-12/h1-5,10,13,23H,6-9,11H2,(H,18,24)(H2,19,20,21,25). The molecule has 8 nitrogen and oxygen atoms in total. The number of hydrogen-bond donors (Lipinski definition) is 4. The lowest BCUT2D eigenvalue weighted by atomic mass is 10.1. The van der Waals surface area contributed by atoms with Crippen LogP contribution in [0.1, 0.15) is 28.9 Å². The fraction of sp³-hybridized carbons (Fsp3) is 0.353. The Kier molecular flexibility index (Phi) is 5.30. The quantitative estimate of drug-likeness (QED) is 0.671. The lowest BCUT2D eigenvalue weighted by molar-refractivity contribution is 0.0944. The second-order valence-electron chi connectivity index (χ2n) is 5.98. The molecule has 0 atom stereocenters. The van der Waals surface area contributed by atoms with Crippen molar-refractivity contribution in [3.05, 3.63) is 47.7 Å². The topological polar surface area (TPSA) is 110 Å². The van der Waals surface area contributed by atoms with E-state index in [1.807, 2.05) is 30.3 Å². The maximum Gasteiger partial charge on any atom is 0.323 e. The number of likely N-dealkylation sites (tertiary alicyclic amines) is 1. The molecule has 1 aromatic heterocycles. The van der Waals surface area contributed by atoms with Gasteiger partial charge in [-0.05, 0) is 18.4 Å². The van der Waals surface area contributed by atoms with Crippen LogP contribution in [0.4, 0.5) is 10.6 Å². The van der Waals surface area contributed by atoms with E-state index in [0.717, 1.165) is 5.56 Å². The van der Waals surface area contributed by atoms with E-state index in [9.17, 15) is 14.7 Å². The maximum atomic E-state index is 12.1. The van der Waals surface area contributed by atoms with Gasteiger partial charge in [0.05, 0.1) is 6.10 Å². The number of carbonyl (C=O) groups excluding carboxylic acids is 2.